The second-order valence-electron chi connectivity index (χ2n) is 7.18. The summed E-state index contributed by atoms with van der Waals surface area (Å²) in [5, 5.41) is 10.2. The second-order valence-corrected chi connectivity index (χ2v) is 7.18. The van der Waals surface area contributed by atoms with Crippen LogP contribution in [0.1, 0.15) is 41.1 Å². The van der Waals surface area contributed by atoms with Crippen molar-refractivity contribution in [1.29, 1.82) is 0 Å². The van der Waals surface area contributed by atoms with Crippen molar-refractivity contribution in [2.45, 2.75) is 45.7 Å². The first-order valence-corrected chi connectivity index (χ1v) is 9.60. The summed E-state index contributed by atoms with van der Waals surface area (Å²) in [5.41, 5.74) is 4.19. The highest BCUT2D eigenvalue weighted by Gasteiger charge is 2.18. The Kier molecular flexibility index (Phi) is 6.48. The van der Waals surface area contributed by atoms with Crippen LogP contribution in [-0.4, -0.2) is 17.2 Å². The molecule has 2 aromatic carbocycles. The molecular weight excluding hydrogens is 350 g/mol. The van der Waals surface area contributed by atoms with E-state index in [2.05, 4.69) is 27.9 Å². The predicted octanol–water partition coefficient (Wildman–Crippen LogP) is 4.51. The molecule has 1 heterocycles. The number of benzene rings is 2. The standard InChI is InChI=1S/C23H27N3O2/c1-16(14-21-17(2)26-28-18(21)3)24-23(27)25-22(20-12-8-5-9-13-20)15-19-10-6-4-7-11-19/h4-13,16,22H,14-15H2,1-3H3,(H2,24,25,27)/t16-,22+/m1/s1. The molecule has 146 valence electrons. The molecule has 0 radical (unpaired) electrons. The van der Waals surface area contributed by atoms with Crippen LogP contribution in [0.15, 0.2) is 65.2 Å². The maximum absolute atomic E-state index is 12.7. The van der Waals surface area contributed by atoms with Crippen molar-refractivity contribution in [2.24, 2.45) is 0 Å². The van der Waals surface area contributed by atoms with E-state index in [1.54, 1.807) is 0 Å². The molecule has 2 atom stereocenters. The van der Waals surface area contributed by atoms with Crippen LogP contribution in [0, 0.1) is 13.8 Å². The van der Waals surface area contributed by atoms with E-state index >= 15 is 0 Å². The van der Waals surface area contributed by atoms with Gasteiger partial charge in [0.25, 0.3) is 0 Å². The zero-order chi connectivity index (χ0) is 19.9. The smallest absolute Gasteiger partial charge is 0.315 e. The summed E-state index contributed by atoms with van der Waals surface area (Å²) in [7, 11) is 0. The highest BCUT2D eigenvalue weighted by molar-refractivity contribution is 5.74. The van der Waals surface area contributed by atoms with Crippen molar-refractivity contribution in [2.75, 3.05) is 0 Å². The van der Waals surface area contributed by atoms with E-state index in [4.69, 9.17) is 4.52 Å². The van der Waals surface area contributed by atoms with Crippen LogP contribution in [0.2, 0.25) is 0 Å². The van der Waals surface area contributed by atoms with Gasteiger partial charge < -0.3 is 15.2 Å². The molecule has 0 aliphatic heterocycles. The van der Waals surface area contributed by atoms with E-state index in [1.165, 1.54) is 5.56 Å². The normalized spacial score (nSPS) is 13.0. The van der Waals surface area contributed by atoms with Crippen LogP contribution in [0.25, 0.3) is 0 Å². The summed E-state index contributed by atoms with van der Waals surface area (Å²) in [4.78, 5) is 12.7. The summed E-state index contributed by atoms with van der Waals surface area (Å²) in [6, 6.07) is 19.9. The Morgan fingerprint density at radius 3 is 2.21 bits per heavy atom. The molecule has 1 aromatic heterocycles. The molecule has 0 aliphatic carbocycles. The number of nitrogens with one attached hydrogen (secondary N) is 2. The predicted molar refractivity (Wildman–Crippen MR) is 110 cm³/mol. The third-order valence-corrected chi connectivity index (χ3v) is 4.86. The number of carbonyl (C=O) groups is 1. The molecule has 0 saturated carbocycles. The Labute approximate surface area is 166 Å². The van der Waals surface area contributed by atoms with Crippen LogP contribution in [-0.2, 0) is 12.8 Å². The minimum atomic E-state index is -0.177. The van der Waals surface area contributed by atoms with Gasteiger partial charge in [-0.1, -0.05) is 65.8 Å². The minimum absolute atomic E-state index is 0.0371. The quantitative estimate of drug-likeness (QED) is 0.637. The van der Waals surface area contributed by atoms with Crippen LogP contribution in [0.4, 0.5) is 4.79 Å². The summed E-state index contributed by atoms with van der Waals surface area (Å²) in [6.07, 6.45) is 1.42. The fourth-order valence-electron chi connectivity index (χ4n) is 3.36. The van der Waals surface area contributed by atoms with Crippen LogP contribution in [0.3, 0.4) is 0 Å². The number of amides is 2. The number of aromatic nitrogens is 1. The molecule has 2 N–H and O–H groups in total. The second kappa shape index (κ2) is 9.22. The van der Waals surface area contributed by atoms with Crippen molar-refractivity contribution in [3.63, 3.8) is 0 Å². The third kappa shape index (κ3) is 5.22. The van der Waals surface area contributed by atoms with Gasteiger partial charge >= 0.3 is 6.03 Å². The minimum Gasteiger partial charge on any atom is -0.361 e. The lowest BCUT2D eigenvalue weighted by atomic mass is 9.99. The molecule has 5 nitrogen and oxygen atoms in total. The molecule has 0 bridgehead atoms. The molecule has 3 rings (SSSR count). The molecular formula is C23H27N3O2. The van der Waals surface area contributed by atoms with E-state index in [1.807, 2.05) is 69.3 Å². The molecule has 28 heavy (non-hydrogen) atoms. The number of aryl methyl sites for hydroxylation is 2. The van der Waals surface area contributed by atoms with Crippen LogP contribution >= 0.6 is 0 Å². The Hall–Kier alpha value is -3.08. The monoisotopic (exact) mass is 377 g/mol. The SMILES string of the molecule is Cc1noc(C)c1C[C@@H](C)NC(=O)N[C@@H](Cc1ccccc1)c1ccccc1. The van der Waals surface area contributed by atoms with E-state index in [0.717, 1.165) is 29.0 Å². The average molecular weight is 377 g/mol. The third-order valence-electron chi connectivity index (χ3n) is 4.86. The molecule has 0 spiro atoms. The first kappa shape index (κ1) is 19.7. The van der Waals surface area contributed by atoms with Gasteiger partial charge in [0.2, 0.25) is 0 Å². The number of hydrogen-bond acceptors (Lipinski definition) is 3. The van der Waals surface area contributed by atoms with Gasteiger partial charge in [0.15, 0.2) is 0 Å². The van der Waals surface area contributed by atoms with Crippen molar-refractivity contribution in [3.05, 3.63) is 88.8 Å². The highest BCUT2D eigenvalue weighted by atomic mass is 16.5. The molecule has 2 amide bonds. The first-order chi connectivity index (χ1) is 13.5. The number of nitrogens with zero attached hydrogens (tertiary/aromatic N) is 1. The Morgan fingerprint density at radius 1 is 0.964 bits per heavy atom. The van der Waals surface area contributed by atoms with Crippen molar-refractivity contribution >= 4 is 6.03 Å². The largest absolute Gasteiger partial charge is 0.361 e. The lowest BCUT2D eigenvalue weighted by molar-refractivity contribution is 0.233. The van der Waals surface area contributed by atoms with Crippen molar-refractivity contribution < 1.29 is 9.32 Å². The highest BCUT2D eigenvalue weighted by Crippen LogP contribution is 2.19. The Balaban J connectivity index is 1.65. The Bertz CT molecular complexity index is 871. The number of urea groups is 1. The van der Waals surface area contributed by atoms with Gasteiger partial charge in [-0.2, -0.15) is 0 Å². The fraction of sp³-hybridized carbons (Fsp3) is 0.304. The fourth-order valence-corrected chi connectivity index (χ4v) is 3.36. The maximum Gasteiger partial charge on any atom is 0.315 e. The first-order valence-electron chi connectivity index (χ1n) is 9.60. The summed E-state index contributed by atoms with van der Waals surface area (Å²) in [6.45, 7) is 5.80. The Morgan fingerprint density at radius 2 is 1.61 bits per heavy atom. The van der Waals surface area contributed by atoms with Gasteiger partial charge in [0, 0.05) is 11.6 Å². The van der Waals surface area contributed by atoms with Crippen molar-refractivity contribution in [1.82, 2.24) is 15.8 Å². The number of carbonyl (C=O) groups excluding carboxylic acids is 1. The maximum atomic E-state index is 12.7. The van der Waals surface area contributed by atoms with Gasteiger partial charge in [-0.15, -0.1) is 0 Å². The van der Waals surface area contributed by atoms with Crippen LogP contribution in [0.5, 0.6) is 0 Å². The number of rotatable bonds is 7. The molecule has 0 saturated heterocycles. The average Bonchev–Trinajstić information content (AvgIpc) is 3.01. The topological polar surface area (TPSA) is 67.2 Å². The molecule has 0 unspecified atom stereocenters. The van der Waals surface area contributed by atoms with Gasteiger partial charge in [-0.25, -0.2) is 4.79 Å². The summed E-state index contributed by atoms with van der Waals surface area (Å²) >= 11 is 0. The lowest BCUT2D eigenvalue weighted by Gasteiger charge is -2.22. The van der Waals surface area contributed by atoms with Gasteiger partial charge in [-0.3, -0.25) is 0 Å². The molecule has 5 heteroatoms. The zero-order valence-electron chi connectivity index (χ0n) is 16.6. The van der Waals surface area contributed by atoms with E-state index in [9.17, 15) is 4.79 Å². The van der Waals surface area contributed by atoms with E-state index in [-0.39, 0.29) is 18.1 Å². The van der Waals surface area contributed by atoms with Crippen LogP contribution < -0.4 is 10.6 Å². The summed E-state index contributed by atoms with van der Waals surface area (Å²) in [5.74, 6) is 0.804. The zero-order valence-corrected chi connectivity index (χ0v) is 16.6. The van der Waals surface area contributed by atoms with Gasteiger partial charge in [0.1, 0.15) is 5.76 Å². The molecule has 0 aliphatic rings. The summed E-state index contributed by atoms with van der Waals surface area (Å²) < 4.78 is 5.21. The molecule has 0 fully saturated rings. The van der Waals surface area contributed by atoms with E-state index in [0.29, 0.717) is 6.42 Å². The van der Waals surface area contributed by atoms with Gasteiger partial charge in [-0.05, 0) is 44.7 Å². The lowest BCUT2D eigenvalue weighted by Crippen LogP contribution is -2.43. The van der Waals surface area contributed by atoms with Crippen molar-refractivity contribution in [3.8, 4) is 0 Å². The van der Waals surface area contributed by atoms with E-state index < -0.39 is 0 Å². The number of hydrogen-bond donors (Lipinski definition) is 2. The molecule has 3 aromatic rings. The van der Waals surface area contributed by atoms with Gasteiger partial charge in [0.05, 0.1) is 11.7 Å².